The number of rotatable bonds is 5. The molecule has 0 heterocycles. The molecule has 2 aromatic rings. The fraction of sp³-hybridized carbons (Fsp3) is 0.360. The van der Waals surface area contributed by atoms with Crippen molar-refractivity contribution < 1.29 is 23.9 Å². The predicted octanol–water partition coefficient (Wildman–Crippen LogP) is 3.77. The van der Waals surface area contributed by atoms with Gasteiger partial charge in [-0.25, -0.2) is 0 Å². The molecule has 0 unspecified atom stereocenters. The van der Waals surface area contributed by atoms with Crippen LogP contribution in [0.4, 0.5) is 5.69 Å². The largest absolute Gasteiger partial charge is 0.456 e. The van der Waals surface area contributed by atoms with Crippen LogP contribution in [-0.2, 0) is 14.3 Å². The number of fused-ring (bicyclic) bond motifs is 4. The van der Waals surface area contributed by atoms with Crippen LogP contribution in [0.5, 0.6) is 0 Å². The van der Waals surface area contributed by atoms with Crippen molar-refractivity contribution in [2.24, 2.45) is 17.8 Å². The lowest BCUT2D eigenvalue weighted by molar-refractivity contribution is -0.148. The maximum atomic E-state index is 12.8. The molecule has 3 aliphatic carbocycles. The Hall–Kier alpha value is -3.28. The molecular weight excluding hydrogens is 394 g/mol. The molecule has 1 amide bonds. The molecule has 0 aromatic heterocycles. The summed E-state index contributed by atoms with van der Waals surface area (Å²) in [5, 5.41) is 2.65. The van der Waals surface area contributed by atoms with E-state index in [-0.39, 0.29) is 29.7 Å². The number of amides is 1. The van der Waals surface area contributed by atoms with E-state index in [0.717, 1.165) is 12.3 Å². The Bertz CT molecular complexity index is 1100. The molecule has 31 heavy (non-hydrogen) atoms. The van der Waals surface area contributed by atoms with E-state index in [1.54, 1.807) is 36.4 Å². The number of hydrogen-bond acceptors (Lipinski definition) is 5. The van der Waals surface area contributed by atoms with Gasteiger partial charge < -0.3 is 10.1 Å². The van der Waals surface area contributed by atoms with Crippen molar-refractivity contribution in [1.29, 1.82) is 0 Å². The van der Waals surface area contributed by atoms with Crippen LogP contribution >= 0.6 is 0 Å². The summed E-state index contributed by atoms with van der Waals surface area (Å²) < 4.78 is 5.17. The van der Waals surface area contributed by atoms with Crippen LogP contribution in [-0.4, -0.2) is 30.0 Å². The third kappa shape index (κ3) is 3.67. The van der Waals surface area contributed by atoms with Crippen molar-refractivity contribution >= 4 is 29.1 Å². The smallest absolute Gasteiger partial charge is 0.306 e. The zero-order valence-electron chi connectivity index (χ0n) is 17.1. The number of benzene rings is 2. The molecule has 2 aromatic carbocycles. The van der Waals surface area contributed by atoms with Crippen LogP contribution in [0.3, 0.4) is 0 Å². The summed E-state index contributed by atoms with van der Waals surface area (Å²) in [7, 11) is 0. The Labute approximate surface area is 180 Å². The fourth-order valence-electron chi connectivity index (χ4n) is 5.42. The highest BCUT2D eigenvalue weighted by atomic mass is 16.5. The molecule has 0 radical (unpaired) electrons. The second kappa shape index (κ2) is 7.76. The number of ether oxygens (including phenoxy) is 1. The van der Waals surface area contributed by atoms with E-state index >= 15 is 0 Å². The SMILES string of the molecule is O=C(COC(=O)C[C@@H]1C[C@H]2CC[C@H]1C2)Nc1ccc2c(c1)C(=O)c1ccccc1C2=O. The topological polar surface area (TPSA) is 89.5 Å². The molecule has 6 nitrogen and oxygen atoms in total. The van der Waals surface area contributed by atoms with E-state index in [1.165, 1.54) is 25.3 Å². The summed E-state index contributed by atoms with van der Waals surface area (Å²) >= 11 is 0. The number of anilines is 1. The van der Waals surface area contributed by atoms with E-state index in [4.69, 9.17) is 4.74 Å². The summed E-state index contributed by atoms with van der Waals surface area (Å²) in [5.74, 6) is 0.508. The van der Waals surface area contributed by atoms with Gasteiger partial charge >= 0.3 is 5.97 Å². The van der Waals surface area contributed by atoms with Gasteiger partial charge in [-0.2, -0.15) is 0 Å². The van der Waals surface area contributed by atoms with Crippen LogP contribution in [0, 0.1) is 17.8 Å². The van der Waals surface area contributed by atoms with Crippen molar-refractivity contribution in [1.82, 2.24) is 0 Å². The zero-order valence-corrected chi connectivity index (χ0v) is 17.1. The third-order valence-corrected chi connectivity index (χ3v) is 6.89. The number of esters is 1. The van der Waals surface area contributed by atoms with Crippen molar-refractivity contribution in [3.8, 4) is 0 Å². The van der Waals surface area contributed by atoms with Crippen LogP contribution in [0.2, 0.25) is 0 Å². The third-order valence-electron chi connectivity index (χ3n) is 6.89. The molecule has 3 atom stereocenters. The molecule has 0 aliphatic heterocycles. The molecule has 0 spiro atoms. The van der Waals surface area contributed by atoms with E-state index in [0.29, 0.717) is 40.6 Å². The first-order valence-electron chi connectivity index (χ1n) is 10.8. The Balaban J connectivity index is 1.20. The van der Waals surface area contributed by atoms with E-state index in [2.05, 4.69) is 5.32 Å². The Morgan fingerprint density at radius 1 is 0.903 bits per heavy atom. The lowest BCUT2D eigenvalue weighted by Gasteiger charge is -2.20. The minimum Gasteiger partial charge on any atom is -0.456 e. The first-order valence-corrected chi connectivity index (χ1v) is 10.8. The number of nitrogens with one attached hydrogen (secondary N) is 1. The Morgan fingerprint density at radius 2 is 1.61 bits per heavy atom. The van der Waals surface area contributed by atoms with E-state index in [1.807, 2.05) is 0 Å². The summed E-state index contributed by atoms with van der Waals surface area (Å²) in [6.07, 6.45) is 5.18. The molecule has 6 heteroatoms. The first kappa shape index (κ1) is 19.7. The summed E-state index contributed by atoms with van der Waals surface area (Å²) in [5.41, 5.74) is 1.71. The maximum Gasteiger partial charge on any atom is 0.306 e. The van der Waals surface area contributed by atoms with Gasteiger partial charge in [0.1, 0.15) is 0 Å². The van der Waals surface area contributed by atoms with Crippen LogP contribution < -0.4 is 5.32 Å². The summed E-state index contributed by atoms with van der Waals surface area (Å²) in [6, 6.07) is 11.3. The van der Waals surface area contributed by atoms with E-state index < -0.39 is 5.91 Å². The van der Waals surface area contributed by atoms with Gasteiger partial charge in [-0.15, -0.1) is 0 Å². The normalized spacial score (nSPS) is 23.3. The molecule has 5 rings (SSSR count). The maximum absolute atomic E-state index is 12.8. The average molecular weight is 417 g/mol. The minimum atomic E-state index is -0.476. The van der Waals surface area contributed by atoms with Crippen LogP contribution in [0.1, 0.15) is 63.9 Å². The summed E-state index contributed by atoms with van der Waals surface area (Å²) in [4.78, 5) is 49.8. The van der Waals surface area contributed by atoms with Crippen molar-refractivity contribution in [2.75, 3.05) is 11.9 Å². The van der Waals surface area contributed by atoms with Gasteiger partial charge in [-0.3, -0.25) is 19.2 Å². The van der Waals surface area contributed by atoms with Gasteiger partial charge in [-0.05, 0) is 55.2 Å². The molecule has 158 valence electrons. The highest BCUT2D eigenvalue weighted by Crippen LogP contribution is 2.49. The fourth-order valence-corrected chi connectivity index (χ4v) is 5.42. The van der Waals surface area contributed by atoms with Gasteiger partial charge in [0.05, 0.1) is 0 Å². The van der Waals surface area contributed by atoms with Gasteiger partial charge in [0.25, 0.3) is 5.91 Å². The molecule has 0 saturated heterocycles. The number of carbonyl (C=O) groups excluding carboxylic acids is 4. The summed E-state index contributed by atoms with van der Waals surface area (Å²) in [6.45, 7) is -0.369. The van der Waals surface area contributed by atoms with Crippen molar-refractivity contribution in [2.45, 2.75) is 32.1 Å². The lowest BCUT2D eigenvalue weighted by Crippen LogP contribution is -2.24. The number of hydrogen-bond donors (Lipinski definition) is 1. The molecule has 2 saturated carbocycles. The quantitative estimate of drug-likeness (QED) is 0.639. The second-order valence-corrected chi connectivity index (χ2v) is 8.81. The van der Waals surface area contributed by atoms with Crippen molar-refractivity contribution in [3.63, 3.8) is 0 Å². The van der Waals surface area contributed by atoms with Gasteiger partial charge in [-0.1, -0.05) is 30.7 Å². The highest BCUT2D eigenvalue weighted by molar-refractivity contribution is 6.28. The molecule has 2 bridgehead atoms. The number of carbonyl (C=O) groups is 4. The van der Waals surface area contributed by atoms with Crippen LogP contribution in [0.25, 0.3) is 0 Å². The van der Waals surface area contributed by atoms with Gasteiger partial charge in [0.2, 0.25) is 0 Å². The number of ketones is 2. The molecule has 1 N–H and O–H groups in total. The van der Waals surface area contributed by atoms with Crippen molar-refractivity contribution in [3.05, 3.63) is 64.7 Å². The Kier molecular flexibility index (Phi) is 4.93. The van der Waals surface area contributed by atoms with Gasteiger partial charge in [0.15, 0.2) is 18.2 Å². The second-order valence-electron chi connectivity index (χ2n) is 8.81. The van der Waals surface area contributed by atoms with Gasteiger partial charge in [0, 0.05) is 34.4 Å². The first-order chi connectivity index (χ1) is 15.0. The zero-order chi connectivity index (χ0) is 21.5. The highest BCUT2D eigenvalue weighted by Gasteiger charge is 2.40. The minimum absolute atomic E-state index is 0.211. The monoisotopic (exact) mass is 417 g/mol. The Morgan fingerprint density at radius 3 is 2.29 bits per heavy atom. The predicted molar refractivity (Wildman–Crippen MR) is 113 cm³/mol. The molecular formula is C25H23NO5. The van der Waals surface area contributed by atoms with E-state index in [9.17, 15) is 19.2 Å². The average Bonchev–Trinajstić information content (AvgIpc) is 3.39. The molecule has 3 aliphatic rings. The standard InChI is InChI=1S/C25H23NO5/c27-22(13-31-23(28)11-16-10-14-5-6-15(16)9-14)26-17-7-8-20-21(12-17)25(30)19-4-2-1-3-18(19)24(20)29/h1-4,7-8,12,14-16H,5-6,9-11,13H2,(H,26,27)/t14-,15-,16-/m0/s1. The van der Waals surface area contributed by atoms with Crippen LogP contribution in [0.15, 0.2) is 42.5 Å². The molecule has 2 fully saturated rings. The lowest BCUT2D eigenvalue weighted by atomic mass is 9.84.